The minimum Gasteiger partial charge on any atom is -0.494 e. The number of sulfonamides is 1. The molecular formula is C18H19ClN2O5S. The van der Waals surface area contributed by atoms with Crippen molar-refractivity contribution in [1.29, 1.82) is 0 Å². The van der Waals surface area contributed by atoms with Crippen molar-refractivity contribution in [2.45, 2.75) is 13.0 Å². The lowest BCUT2D eigenvalue weighted by Crippen LogP contribution is -2.48. The molecule has 0 saturated carbocycles. The lowest BCUT2D eigenvalue weighted by Gasteiger charge is -2.34. The molecule has 0 saturated heterocycles. The highest BCUT2D eigenvalue weighted by molar-refractivity contribution is 7.92. The molecule has 144 valence electrons. The predicted octanol–water partition coefficient (Wildman–Crippen LogP) is 2.90. The number of carbonyl (C=O) groups is 1. The highest BCUT2D eigenvalue weighted by atomic mass is 35.5. The van der Waals surface area contributed by atoms with E-state index < -0.39 is 22.0 Å². The Kier molecular flexibility index (Phi) is 5.48. The molecule has 0 aliphatic carbocycles. The summed E-state index contributed by atoms with van der Waals surface area (Å²) in [5.41, 5.74) is 0.870. The highest BCUT2D eigenvalue weighted by Gasteiger charge is 2.35. The summed E-state index contributed by atoms with van der Waals surface area (Å²) in [5, 5.41) is 3.11. The summed E-state index contributed by atoms with van der Waals surface area (Å²) in [7, 11) is -3.61. The van der Waals surface area contributed by atoms with E-state index >= 15 is 0 Å². The van der Waals surface area contributed by atoms with Gasteiger partial charge in [0.2, 0.25) is 10.0 Å². The number of carbonyl (C=O) groups excluding carboxylic acids is 1. The number of amides is 1. The second-order valence-corrected chi connectivity index (χ2v) is 8.30. The number of nitrogens with zero attached hydrogens (tertiary/aromatic N) is 1. The van der Waals surface area contributed by atoms with E-state index in [4.69, 9.17) is 21.1 Å². The third-order valence-electron chi connectivity index (χ3n) is 3.92. The topological polar surface area (TPSA) is 84.9 Å². The largest absolute Gasteiger partial charge is 0.494 e. The summed E-state index contributed by atoms with van der Waals surface area (Å²) >= 11 is 5.97. The molecule has 0 fully saturated rings. The van der Waals surface area contributed by atoms with Gasteiger partial charge >= 0.3 is 0 Å². The molecule has 1 aliphatic heterocycles. The van der Waals surface area contributed by atoms with Crippen molar-refractivity contribution < 1.29 is 22.7 Å². The zero-order chi connectivity index (χ0) is 19.6. The number of anilines is 2. The first-order valence-corrected chi connectivity index (χ1v) is 10.5. The van der Waals surface area contributed by atoms with Crippen LogP contribution in [0.15, 0.2) is 42.5 Å². The number of nitrogens with one attached hydrogen (secondary N) is 1. The second kappa shape index (κ2) is 7.66. The number of rotatable bonds is 5. The van der Waals surface area contributed by atoms with Crippen molar-refractivity contribution >= 4 is 38.9 Å². The summed E-state index contributed by atoms with van der Waals surface area (Å²) in [6.07, 6.45) is 0.0738. The van der Waals surface area contributed by atoms with Gasteiger partial charge in [-0.15, -0.1) is 0 Å². The molecule has 7 nitrogen and oxygen atoms in total. The van der Waals surface area contributed by atoms with Gasteiger partial charge in [-0.25, -0.2) is 8.42 Å². The minimum absolute atomic E-state index is 0.144. The number of halogens is 1. The maximum absolute atomic E-state index is 12.6. The van der Waals surface area contributed by atoms with Gasteiger partial charge in [0, 0.05) is 10.7 Å². The third kappa shape index (κ3) is 4.45. The number of fused-ring (bicyclic) bond motifs is 1. The summed E-state index contributed by atoms with van der Waals surface area (Å²) in [6.45, 7) is 2.29. The fraction of sp³-hybridized carbons (Fsp3) is 0.278. The molecule has 1 heterocycles. The van der Waals surface area contributed by atoms with Gasteiger partial charge in [0.15, 0.2) is 6.10 Å². The van der Waals surface area contributed by atoms with Crippen LogP contribution in [-0.2, 0) is 14.8 Å². The predicted molar refractivity (Wildman–Crippen MR) is 104 cm³/mol. The van der Waals surface area contributed by atoms with E-state index in [9.17, 15) is 13.2 Å². The van der Waals surface area contributed by atoms with Crippen LogP contribution in [0.1, 0.15) is 6.92 Å². The molecule has 0 bridgehead atoms. The van der Waals surface area contributed by atoms with Crippen LogP contribution in [0.3, 0.4) is 0 Å². The molecule has 0 radical (unpaired) electrons. The van der Waals surface area contributed by atoms with E-state index in [0.717, 1.165) is 10.6 Å². The molecule has 0 unspecified atom stereocenters. The first kappa shape index (κ1) is 19.3. The van der Waals surface area contributed by atoms with Crippen LogP contribution in [0.5, 0.6) is 11.5 Å². The van der Waals surface area contributed by atoms with E-state index in [0.29, 0.717) is 28.8 Å². The van der Waals surface area contributed by atoms with Crippen molar-refractivity contribution in [1.82, 2.24) is 0 Å². The van der Waals surface area contributed by atoms with Crippen molar-refractivity contribution in [3.05, 3.63) is 47.5 Å². The Morgan fingerprint density at radius 2 is 2.00 bits per heavy atom. The summed E-state index contributed by atoms with van der Waals surface area (Å²) in [6, 6.07) is 11.5. The SMILES string of the molecule is CCOc1ccc(NC(=O)[C@H]2CN(S(C)(=O)=O)c3cc(Cl)ccc3O2)cc1. The Morgan fingerprint density at radius 1 is 1.30 bits per heavy atom. The van der Waals surface area contributed by atoms with Crippen molar-refractivity contribution in [3.63, 3.8) is 0 Å². The lowest BCUT2D eigenvalue weighted by molar-refractivity contribution is -0.122. The molecule has 27 heavy (non-hydrogen) atoms. The van der Waals surface area contributed by atoms with Crippen LogP contribution in [0, 0.1) is 0 Å². The molecule has 3 rings (SSSR count). The fourth-order valence-electron chi connectivity index (χ4n) is 2.70. The van der Waals surface area contributed by atoms with Gasteiger partial charge in [-0.3, -0.25) is 9.10 Å². The first-order chi connectivity index (χ1) is 12.8. The Bertz CT molecular complexity index is 947. The average Bonchev–Trinajstić information content (AvgIpc) is 2.61. The summed E-state index contributed by atoms with van der Waals surface area (Å²) in [5.74, 6) is 0.523. The highest BCUT2D eigenvalue weighted by Crippen LogP contribution is 2.37. The Balaban J connectivity index is 1.80. The second-order valence-electron chi connectivity index (χ2n) is 5.96. The van der Waals surface area contributed by atoms with Crippen LogP contribution >= 0.6 is 11.6 Å². The van der Waals surface area contributed by atoms with Gasteiger partial charge in [-0.1, -0.05) is 11.6 Å². The van der Waals surface area contributed by atoms with Crippen molar-refractivity contribution in [3.8, 4) is 11.5 Å². The monoisotopic (exact) mass is 410 g/mol. The Morgan fingerprint density at radius 3 is 2.63 bits per heavy atom. The van der Waals surface area contributed by atoms with Crippen molar-refractivity contribution in [2.24, 2.45) is 0 Å². The Labute approximate surface area is 162 Å². The normalized spacial score (nSPS) is 16.3. The maximum atomic E-state index is 12.6. The molecular weight excluding hydrogens is 392 g/mol. The number of hydrogen-bond donors (Lipinski definition) is 1. The molecule has 2 aromatic rings. The molecule has 9 heteroatoms. The van der Waals surface area contributed by atoms with Gasteiger partial charge in [0.05, 0.1) is 25.1 Å². The number of hydrogen-bond acceptors (Lipinski definition) is 5. The van der Waals surface area contributed by atoms with Crippen LogP contribution in [0.25, 0.3) is 0 Å². The van der Waals surface area contributed by atoms with E-state index in [1.807, 2.05) is 6.92 Å². The van der Waals surface area contributed by atoms with Crippen molar-refractivity contribution in [2.75, 3.05) is 29.0 Å². The maximum Gasteiger partial charge on any atom is 0.267 e. The zero-order valence-electron chi connectivity index (χ0n) is 14.8. The molecule has 1 amide bonds. The van der Waals surface area contributed by atoms with Crippen LogP contribution < -0.4 is 19.1 Å². The molecule has 1 N–H and O–H groups in total. The van der Waals surface area contributed by atoms with Gasteiger partial charge in [0.25, 0.3) is 5.91 Å². The minimum atomic E-state index is -3.61. The zero-order valence-corrected chi connectivity index (χ0v) is 16.4. The molecule has 0 aromatic heterocycles. The van der Waals surface area contributed by atoms with E-state index in [2.05, 4.69) is 5.32 Å². The van der Waals surface area contributed by atoms with E-state index in [1.54, 1.807) is 36.4 Å². The molecule has 0 spiro atoms. The fourth-order valence-corrected chi connectivity index (χ4v) is 3.77. The van der Waals surface area contributed by atoms with Crippen LogP contribution in [0.2, 0.25) is 5.02 Å². The smallest absolute Gasteiger partial charge is 0.267 e. The molecule has 1 aliphatic rings. The van der Waals surface area contributed by atoms with Gasteiger partial charge < -0.3 is 14.8 Å². The first-order valence-electron chi connectivity index (χ1n) is 8.25. The third-order valence-corrected chi connectivity index (χ3v) is 5.30. The van der Waals surface area contributed by atoms with Gasteiger partial charge in [-0.05, 0) is 49.4 Å². The standard InChI is InChI=1S/C18H19ClN2O5S/c1-3-25-14-7-5-13(6-8-14)20-18(22)17-11-21(27(2,23)24)15-10-12(19)4-9-16(15)26-17/h4-10,17H,3,11H2,1-2H3,(H,20,22)/t17-/m1/s1. The Hall–Kier alpha value is -2.45. The number of ether oxygens (including phenoxy) is 2. The molecule has 1 atom stereocenters. The van der Waals surface area contributed by atoms with E-state index in [1.165, 1.54) is 6.07 Å². The average molecular weight is 411 g/mol. The van der Waals surface area contributed by atoms with Crippen LogP contribution in [-0.4, -0.2) is 39.8 Å². The van der Waals surface area contributed by atoms with E-state index in [-0.39, 0.29) is 12.3 Å². The molecule has 2 aromatic carbocycles. The summed E-state index contributed by atoms with van der Waals surface area (Å²) < 4.78 is 36.5. The van der Waals surface area contributed by atoms with Gasteiger partial charge in [-0.2, -0.15) is 0 Å². The summed E-state index contributed by atoms with van der Waals surface area (Å²) in [4.78, 5) is 12.6. The number of benzene rings is 2. The lowest BCUT2D eigenvalue weighted by atomic mass is 10.2. The van der Waals surface area contributed by atoms with Crippen LogP contribution in [0.4, 0.5) is 11.4 Å². The van der Waals surface area contributed by atoms with Gasteiger partial charge in [0.1, 0.15) is 11.5 Å². The quantitative estimate of drug-likeness (QED) is 0.819.